The van der Waals surface area contributed by atoms with Crippen molar-refractivity contribution in [1.29, 1.82) is 5.41 Å². The minimum Gasteiger partial charge on any atom is -0.387 e. The number of carbonyl (C=O) groups is 1. The van der Waals surface area contributed by atoms with Crippen LogP contribution in [0.25, 0.3) is 0 Å². The van der Waals surface area contributed by atoms with E-state index in [-0.39, 0.29) is 29.1 Å². The summed E-state index contributed by atoms with van der Waals surface area (Å²) in [7, 11) is 0. The number of nitrogens with one attached hydrogen (secondary N) is 2. The summed E-state index contributed by atoms with van der Waals surface area (Å²) < 4.78 is 38.1. The quantitative estimate of drug-likeness (QED) is 0.290. The van der Waals surface area contributed by atoms with Gasteiger partial charge in [0.25, 0.3) is 5.91 Å². The van der Waals surface area contributed by atoms with Crippen LogP contribution in [0.4, 0.5) is 18.9 Å². The molecule has 6 N–H and O–H groups in total. The van der Waals surface area contributed by atoms with Gasteiger partial charge in [-0.15, -0.1) is 0 Å². The molecule has 1 amide bonds. The van der Waals surface area contributed by atoms with Crippen molar-refractivity contribution in [2.75, 3.05) is 13.1 Å². The molecule has 0 bridgehead atoms. The Labute approximate surface area is 185 Å². The van der Waals surface area contributed by atoms with Crippen LogP contribution in [0.5, 0.6) is 0 Å². The standard InChI is InChI=1S/C22H29F3N6O/c1-13-11-31(12-13)17-6-7-19(14(8-17)9-26)29-10-18(21(28)32)20(27)30-16-4-2-15(3-5-16)22(23,24)25/h2-5,9-10,13-14,17,19,26,29H,6-8,11-12H2,1H3,(H2,27,30)(H2,28,32)/b18-10+,26-9?/t14-,17+,19+/m1/s1. The first-order chi connectivity index (χ1) is 15.1. The van der Waals surface area contributed by atoms with Gasteiger partial charge in [0, 0.05) is 43.5 Å². The molecule has 3 atom stereocenters. The number of nitrogens with two attached hydrogens (primary N) is 2. The fourth-order valence-electron chi connectivity index (χ4n) is 4.34. The minimum atomic E-state index is -4.45. The maximum Gasteiger partial charge on any atom is 0.416 e. The summed E-state index contributed by atoms with van der Waals surface area (Å²) in [5.74, 6) is -0.278. The summed E-state index contributed by atoms with van der Waals surface area (Å²) in [6, 6.07) is 4.54. The number of halogens is 3. The van der Waals surface area contributed by atoms with Gasteiger partial charge in [0.1, 0.15) is 5.84 Å². The molecule has 10 heteroatoms. The van der Waals surface area contributed by atoms with Crippen LogP contribution >= 0.6 is 0 Å². The fourth-order valence-corrected chi connectivity index (χ4v) is 4.34. The molecule has 1 heterocycles. The van der Waals surface area contributed by atoms with Crippen molar-refractivity contribution in [1.82, 2.24) is 10.2 Å². The van der Waals surface area contributed by atoms with Crippen molar-refractivity contribution >= 4 is 23.6 Å². The van der Waals surface area contributed by atoms with Crippen molar-refractivity contribution in [3.63, 3.8) is 0 Å². The van der Waals surface area contributed by atoms with Crippen LogP contribution in [-0.4, -0.2) is 48.0 Å². The van der Waals surface area contributed by atoms with E-state index in [1.807, 2.05) is 0 Å². The number of benzene rings is 1. The van der Waals surface area contributed by atoms with Gasteiger partial charge in [-0.05, 0) is 49.4 Å². The van der Waals surface area contributed by atoms with Crippen LogP contribution in [0, 0.1) is 17.2 Å². The van der Waals surface area contributed by atoms with Crippen LogP contribution in [0.2, 0.25) is 0 Å². The van der Waals surface area contributed by atoms with Gasteiger partial charge < -0.3 is 22.2 Å². The lowest BCUT2D eigenvalue weighted by molar-refractivity contribution is -0.137. The Morgan fingerprint density at radius 1 is 1.22 bits per heavy atom. The molecule has 0 spiro atoms. The van der Waals surface area contributed by atoms with E-state index in [4.69, 9.17) is 16.9 Å². The first-order valence-corrected chi connectivity index (χ1v) is 10.6. The number of amides is 1. The average molecular weight is 451 g/mol. The molecule has 1 aliphatic carbocycles. The smallest absolute Gasteiger partial charge is 0.387 e. The molecule has 2 aliphatic rings. The van der Waals surface area contributed by atoms with Crippen molar-refractivity contribution in [2.45, 2.75) is 44.4 Å². The van der Waals surface area contributed by atoms with E-state index < -0.39 is 17.6 Å². The lowest BCUT2D eigenvalue weighted by atomic mass is 9.80. The monoisotopic (exact) mass is 450 g/mol. The summed E-state index contributed by atoms with van der Waals surface area (Å²) in [5.41, 5.74) is 10.7. The molecule has 1 aromatic carbocycles. The maximum absolute atomic E-state index is 12.7. The Morgan fingerprint density at radius 2 is 1.88 bits per heavy atom. The first kappa shape index (κ1) is 23.8. The first-order valence-electron chi connectivity index (χ1n) is 10.6. The zero-order valence-electron chi connectivity index (χ0n) is 17.9. The summed E-state index contributed by atoms with van der Waals surface area (Å²) >= 11 is 0. The number of aliphatic imine (C=N–C) groups is 1. The van der Waals surface area contributed by atoms with E-state index in [9.17, 15) is 18.0 Å². The molecule has 1 aliphatic heterocycles. The summed E-state index contributed by atoms with van der Waals surface area (Å²) in [6.07, 6.45) is 1.07. The van der Waals surface area contributed by atoms with Gasteiger partial charge in [-0.25, -0.2) is 4.99 Å². The van der Waals surface area contributed by atoms with E-state index in [0.29, 0.717) is 6.04 Å². The average Bonchev–Trinajstić information content (AvgIpc) is 2.71. The molecular weight excluding hydrogens is 421 g/mol. The molecule has 0 unspecified atom stereocenters. The van der Waals surface area contributed by atoms with Crippen molar-refractivity contribution in [3.05, 3.63) is 41.6 Å². The number of nitrogens with zero attached hydrogens (tertiary/aromatic N) is 2. The highest BCUT2D eigenvalue weighted by atomic mass is 19.4. The van der Waals surface area contributed by atoms with E-state index in [1.165, 1.54) is 24.5 Å². The molecule has 32 heavy (non-hydrogen) atoms. The molecule has 0 aromatic heterocycles. The number of hydrogen-bond donors (Lipinski definition) is 4. The van der Waals surface area contributed by atoms with Crippen LogP contribution in [0.3, 0.4) is 0 Å². The third-order valence-corrected chi connectivity index (χ3v) is 6.12. The zero-order chi connectivity index (χ0) is 23.5. The number of rotatable bonds is 7. The van der Waals surface area contributed by atoms with Crippen LogP contribution < -0.4 is 16.8 Å². The third kappa shape index (κ3) is 5.67. The van der Waals surface area contributed by atoms with Gasteiger partial charge in [-0.3, -0.25) is 9.69 Å². The highest BCUT2D eigenvalue weighted by molar-refractivity contribution is 6.20. The number of carbonyl (C=O) groups excluding carboxylic acids is 1. The van der Waals surface area contributed by atoms with E-state index in [1.54, 1.807) is 0 Å². The van der Waals surface area contributed by atoms with Gasteiger partial charge >= 0.3 is 6.18 Å². The molecule has 0 radical (unpaired) electrons. The summed E-state index contributed by atoms with van der Waals surface area (Å²) in [5, 5.41) is 11.0. The highest BCUT2D eigenvalue weighted by Gasteiger charge is 2.36. The summed E-state index contributed by atoms with van der Waals surface area (Å²) in [6.45, 7) is 4.41. The Hall–Kier alpha value is -2.88. The predicted molar refractivity (Wildman–Crippen MR) is 118 cm³/mol. The number of alkyl halides is 3. The molecule has 1 aromatic rings. The fraction of sp³-hybridized carbons (Fsp3) is 0.500. The van der Waals surface area contributed by atoms with E-state index in [2.05, 4.69) is 22.1 Å². The second kappa shape index (κ2) is 9.72. The third-order valence-electron chi connectivity index (χ3n) is 6.12. The van der Waals surface area contributed by atoms with Crippen molar-refractivity contribution in [3.8, 4) is 0 Å². The highest BCUT2D eigenvalue weighted by Crippen LogP contribution is 2.32. The lowest BCUT2D eigenvalue weighted by Crippen LogP contribution is -2.54. The Bertz CT molecular complexity index is 890. The number of likely N-dealkylation sites (tertiary alicyclic amines) is 1. The van der Waals surface area contributed by atoms with Gasteiger partial charge in [0.2, 0.25) is 0 Å². The number of hydrogen-bond acceptors (Lipinski definition) is 5. The van der Waals surface area contributed by atoms with Crippen molar-refractivity contribution in [2.24, 2.45) is 28.3 Å². The summed E-state index contributed by atoms with van der Waals surface area (Å²) in [4.78, 5) is 18.4. The predicted octanol–water partition coefficient (Wildman–Crippen LogP) is 2.79. The number of amidine groups is 1. The Balaban J connectivity index is 1.68. The number of primary amides is 1. The molecule has 1 saturated heterocycles. The largest absolute Gasteiger partial charge is 0.416 e. The van der Waals surface area contributed by atoms with Gasteiger partial charge in [-0.2, -0.15) is 13.2 Å². The van der Waals surface area contributed by atoms with Gasteiger partial charge in [0.15, 0.2) is 0 Å². The zero-order valence-corrected chi connectivity index (χ0v) is 17.9. The van der Waals surface area contributed by atoms with E-state index in [0.717, 1.165) is 50.4 Å². The maximum atomic E-state index is 12.7. The van der Waals surface area contributed by atoms with Crippen molar-refractivity contribution < 1.29 is 18.0 Å². The SMILES string of the molecule is CC1CN([C@H]2CC[C@H](N/C=C(/C(N)=O)C(N)=Nc3ccc(C(F)(F)F)cc3)[C@@H](C=N)C2)C1. The minimum absolute atomic E-state index is 0.00288. The molecule has 174 valence electrons. The Morgan fingerprint density at radius 3 is 2.41 bits per heavy atom. The topological polar surface area (TPSA) is 121 Å². The Kier molecular flexibility index (Phi) is 7.22. The molecule has 7 nitrogen and oxygen atoms in total. The molecule has 3 rings (SSSR count). The van der Waals surface area contributed by atoms with Gasteiger partial charge in [-0.1, -0.05) is 6.92 Å². The van der Waals surface area contributed by atoms with Gasteiger partial charge in [0.05, 0.1) is 16.8 Å². The second-order valence-electron chi connectivity index (χ2n) is 8.59. The second-order valence-corrected chi connectivity index (χ2v) is 8.59. The molecule has 2 fully saturated rings. The van der Waals surface area contributed by atoms with Crippen LogP contribution in [-0.2, 0) is 11.0 Å². The lowest BCUT2D eigenvalue weighted by Gasteiger charge is -2.47. The molecule has 1 saturated carbocycles. The molecular formula is C22H29F3N6O. The van der Waals surface area contributed by atoms with E-state index >= 15 is 0 Å². The van der Waals surface area contributed by atoms with Crippen LogP contribution in [0.1, 0.15) is 31.7 Å². The van der Waals surface area contributed by atoms with Crippen LogP contribution in [0.15, 0.2) is 41.0 Å². The normalized spacial score (nSPS) is 25.8.